The van der Waals surface area contributed by atoms with E-state index in [-0.39, 0.29) is 12.3 Å². The molecular weight excluding hydrogens is 301 g/mol. The van der Waals surface area contributed by atoms with Gasteiger partial charge in [-0.15, -0.1) is 0 Å². The van der Waals surface area contributed by atoms with E-state index in [0.29, 0.717) is 35.0 Å². The van der Waals surface area contributed by atoms with Gasteiger partial charge in [0.05, 0.1) is 12.3 Å². The van der Waals surface area contributed by atoms with Gasteiger partial charge in [-0.2, -0.15) is 0 Å². The first-order valence-electron chi connectivity index (χ1n) is 6.33. The standard InChI is InChI=1S/C14H17Cl2NO3/c1-9(14(19)20)3-2-6-17-13(18)7-10-4-5-11(15)8-12(10)16/h4-5,8-9H,2-3,6-7H2,1H3,(H,17,18)(H,19,20). The highest BCUT2D eigenvalue weighted by atomic mass is 35.5. The van der Waals surface area contributed by atoms with Gasteiger partial charge < -0.3 is 10.4 Å². The van der Waals surface area contributed by atoms with Crippen molar-refractivity contribution in [2.24, 2.45) is 5.92 Å². The number of carbonyl (C=O) groups is 2. The van der Waals surface area contributed by atoms with Crippen LogP contribution in [0.3, 0.4) is 0 Å². The molecule has 2 N–H and O–H groups in total. The summed E-state index contributed by atoms with van der Waals surface area (Å²) in [6.45, 7) is 2.11. The highest BCUT2D eigenvalue weighted by Gasteiger charge is 2.11. The van der Waals surface area contributed by atoms with E-state index in [9.17, 15) is 9.59 Å². The number of benzene rings is 1. The van der Waals surface area contributed by atoms with Gasteiger partial charge in [-0.3, -0.25) is 9.59 Å². The average Bonchev–Trinajstić information content (AvgIpc) is 2.37. The molecule has 1 amide bonds. The molecule has 0 aliphatic heterocycles. The zero-order chi connectivity index (χ0) is 15.1. The van der Waals surface area contributed by atoms with Crippen LogP contribution in [0, 0.1) is 5.92 Å². The summed E-state index contributed by atoms with van der Waals surface area (Å²) in [5.41, 5.74) is 0.715. The molecule has 4 nitrogen and oxygen atoms in total. The molecule has 110 valence electrons. The molecule has 0 saturated carbocycles. The van der Waals surface area contributed by atoms with Gasteiger partial charge in [-0.25, -0.2) is 0 Å². The molecule has 1 atom stereocenters. The third kappa shape index (κ3) is 5.80. The minimum atomic E-state index is -0.815. The minimum absolute atomic E-state index is 0.141. The lowest BCUT2D eigenvalue weighted by Crippen LogP contribution is -2.26. The summed E-state index contributed by atoms with van der Waals surface area (Å²) in [5.74, 6) is -1.35. The summed E-state index contributed by atoms with van der Waals surface area (Å²) >= 11 is 11.8. The van der Waals surface area contributed by atoms with E-state index in [1.807, 2.05) is 0 Å². The molecule has 0 spiro atoms. The second kappa shape index (κ2) is 8.12. The van der Waals surface area contributed by atoms with Crippen LogP contribution in [0.15, 0.2) is 18.2 Å². The Morgan fingerprint density at radius 3 is 2.65 bits per heavy atom. The Bertz CT molecular complexity index is 491. The summed E-state index contributed by atoms with van der Waals surface area (Å²) in [6.07, 6.45) is 1.36. The maximum atomic E-state index is 11.7. The predicted octanol–water partition coefficient (Wildman–Crippen LogP) is 3.15. The fraction of sp³-hybridized carbons (Fsp3) is 0.429. The highest BCUT2D eigenvalue weighted by molar-refractivity contribution is 6.35. The number of halogens is 2. The predicted molar refractivity (Wildman–Crippen MR) is 79.2 cm³/mol. The molecule has 1 aromatic rings. The van der Waals surface area contributed by atoms with E-state index in [2.05, 4.69) is 5.32 Å². The molecule has 0 radical (unpaired) electrons. The third-order valence-corrected chi connectivity index (χ3v) is 3.51. The number of carbonyl (C=O) groups excluding carboxylic acids is 1. The summed E-state index contributed by atoms with van der Waals surface area (Å²) in [6, 6.07) is 5.00. The fourth-order valence-corrected chi connectivity index (χ4v) is 2.14. The number of amides is 1. The van der Waals surface area contributed by atoms with E-state index in [1.165, 1.54) is 0 Å². The normalized spacial score (nSPS) is 11.9. The van der Waals surface area contributed by atoms with Crippen molar-refractivity contribution in [1.82, 2.24) is 5.32 Å². The molecule has 0 aliphatic carbocycles. The summed E-state index contributed by atoms with van der Waals surface area (Å²) in [5, 5.41) is 12.5. The molecule has 6 heteroatoms. The van der Waals surface area contributed by atoms with Crippen molar-refractivity contribution in [2.75, 3.05) is 6.54 Å². The Balaban J connectivity index is 2.32. The number of aliphatic carboxylic acids is 1. The SMILES string of the molecule is CC(CCCNC(=O)Cc1ccc(Cl)cc1Cl)C(=O)O. The summed E-state index contributed by atoms with van der Waals surface area (Å²) < 4.78 is 0. The van der Waals surface area contributed by atoms with Crippen LogP contribution in [0.2, 0.25) is 10.0 Å². The van der Waals surface area contributed by atoms with Crippen molar-refractivity contribution in [1.29, 1.82) is 0 Å². The van der Waals surface area contributed by atoms with Gasteiger partial charge in [0.15, 0.2) is 0 Å². The van der Waals surface area contributed by atoms with Crippen molar-refractivity contribution in [3.8, 4) is 0 Å². The molecule has 1 unspecified atom stereocenters. The lowest BCUT2D eigenvalue weighted by Gasteiger charge is -2.08. The van der Waals surface area contributed by atoms with Gasteiger partial charge in [0.1, 0.15) is 0 Å². The van der Waals surface area contributed by atoms with Crippen molar-refractivity contribution < 1.29 is 14.7 Å². The molecule has 1 aromatic carbocycles. The van der Waals surface area contributed by atoms with Crippen LogP contribution in [0.1, 0.15) is 25.3 Å². The fourth-order valence-electron chi connectivity index (χ4n) is 1.66. The Morgan fingerprint density at radius 1 is 1.35 bits per heavy atom. The van der Waals surface area contributed by atoms with Gasteiger partial charge in [-0.05, 0) is 30.5 Å². The number of hydrogen-bond donors (Lipinski definition) is 2. The van der Waals surface area contributed by atoms with Crippen LogP contribution in [0.5, 0.6) is 0 Å². The number of carboxylic acids is 1. The number of hydrogen-bond acceptors (Lipinski definition) is 2. The second-order valence-electron chi connectivity index (χ2n) is 4.64. The smallest absolute Gasteiger partial charge is 0.306 e. The molecule has 0 aliphatic rings. The van der Waals surface area contributed by atoms with Gasteiger partial charge >= 0.3 is 5.97 Å². The van der Waals surface area contributed by atoms with Crippen LogP contribution in [-0.2, 0) is 16.0 Å². The maximum absolute atomic E-state index is 11.7. The molecule has 0 fully saturated rings. The van der Waals surface area contributed by atoms with E-state index >= 15 is 0 Å². The number of carboxylic acid groups (broad SMARTS) is 1. The van der Waals surface area contributed by atoms with Gasteiger partial charge in [0.25, 0.3) is 0 Å². The Hall–Kier alpha value is -1.26. The number of nitrogens with one attached hydrogen (secondary N) is 1. The van der Waals surface area contributed by atoms with Crippen LogP contribution < -0.4 is 5.32 Å². The van der Waals surface area contributed by atoms with Crippen molar-refractivity contribution in [3.63, 3.8) is 0 Å². The molecule has 0 aromatic heterocycles. The van der Waals surface area contributed by atoms with Gasteiger partial charge in [-0.1, -0.05) is 36.2 Å². The maximum Gasteiger partial charge on any atom is 0.306 e. The van der Waals surface area contributed by atoms with Crippen LogP contribution in [0.4, 0.5) is 0 Å². The quantitative estimate of drug-likeness (QED) is 0.759. The van der Waals surface area contributed by atoms with E-state index in [1.54, 1.807) is 25.1 Å². The minimum Gasteiger partial charge on any atom is -0.481 e. The van der Waals surface area contributed by atoms with Gasteiger partial charge in [0.2, 0.25) is 5.91 Å². The Morgan fingerprint density at radius 2 is 2.05 bits per heavy atom. The zero-order valence-electron chi connectivity index (χ0n) is 11.2. The topological polar surface area (TPSA) is 66.4 Å². The Kier molecular flexibility index (Phi) is 6.82. The van der Waals surface area contributed by atoms with Crippen molar-refractivity contribution in [2.45, 2.75) is 26.2 Å². The van der Waals surface area contributed by atoms with E-state index in [0.717, 1.165) is 0 Å². The Labute approximate surface area is 128 Å². The first-order chi connectivity index (χ1) is 9.40. The molecular formula is C14H17Cl2NO3. The summed E-state index contributed by atoms with van der Waals surface area (Å²) in [4.78, 5) is 22.3. The number of rotatable bonds is 7. The van der Waals surface area contributed by atoms with Crippen LogP contribution >= 0.6 is 23.2 Å². The molecule has 1 rings (SSSR count). The average molecular weight is 318 g/mol. The van der Waals surface area contributed by atoms with E-state index < -0.39 is 11.9 Å². The summed E-state index contributed by atoms with van der Waals surface area (Å²) in [7, 11) is 0. The van der Waals surface area contributed by atoms with Crippen molar-refractivity contribution in [3.05, 3.63) is 33.8 Å². The van der Waals surface area contributed by atoms with Crippen LogP contribution in [0.25, 0.3) is 0 Å². The molecule has 0 saturated heterocycles. The largest absolute Gasteiger partial charge is 0.481 e. The lowest BCUT2D eigenvalue weighted by molar-refractivity contribution is -0.141. The zero-order valence-corrected chi connectivity index (χ0v) is 12.7. The highest BCUT2D eigenvalue weighted by Crippen LogP contribution is 2.21. The molecule has 0 bridgehead atoms. The first kappa shape index (κ1) is 16.8. The molecule has 20 heavy (non-hydrogen) atoms. The monoisotopic (exact) mass is 317 g/mol. The first-order valence-corrected chi connectivity index (χ1v) is 7.09. The lowest BCUT2D eigenvalue weighted by atomic mass is 10.1. The van der Waals surface area contributed by atoms with Crippen LogP contribution in [-0.4, -0.2) is 23.5 Å². The third-order valence-electron chi connectivity index (χ3n) is 2.92. The van der Waals surface area contributed by atoms with Crippen molar-refractivity contribution >= 4 is 35.1 Å². The van der Waals surface area contributed by atoms with Gasteiger partial charge in [0, 0.05) is 16.6 Å². The second-order valence-corrected chi connectivity index (χ2v) is 5.49. The molecule has 0 heterocycles. The van der Waals surface area contributed by atoms with E-state index in [4.69, 9.17) is 28.3 Å².